The number of rotatable bonds is 1. The van der Waals surface area contributed by atoms with Crippen LogP contribution in [0.3, 0.4) is 0 Å². The molecule has 5 heteroatoms. The molecule has 2 aliphatic heterocycles. The molecular formula is C15H14N4O. The van der Waals surface area contributed by atoms with Gasteiger partial charge >= 0.3 is 0 Å². The summed E-state index contributed by atoms with van der Waals surface area (Å²) in [4.78, 5) is 18.3. The molecule has 1 fully saturated rings. The molecule has 0 atom stereocenters. The first-order valence-corrected chi connectivity index (χ1v) is 6.60. The highest BCUT2D eigenvalue weighted by Gasteiger charge is 2.28. The average Bonchev–Trinajstić information content (AvgIpc) is 3.10. The molecule has 100 valence electrons. The SMILES string of the molecule is N#C/C(C(=O)N1CCCC1)=C1/N=C(N)c2ccccc21. The highest BCUT2D eigenvalue weighted by Crippen LogP contribution is 2.30. The Hall–Kier alpha value is -2.61. The van der Waals surface area contributed by atoms with Crippen molar-refractivity contribution < 1.29 is 4.79 Å². The van der Waals surface area contributed by atoms with E-state index < -0.39 is 0 Å². The van der Waals surface area contributed by atoms with Crippen LogP contribution in [0.15, 0.2) is 34.8 Å². The molecule has 1 aromatic carbocycles. The van der Waals surface area contributed by atoms with Gasteiger partial charge in [-0.15, -0.1) is 0 Å². The van der Waals surface area contributed by atoms with E-state index in [0.717, 1.165) is 24.0 Å². The lowest BCUT2D eigenvalue weighted by atomic mass is 10.0. The number of hydrogen-bond donors (Lipinski definition) is 1. The Bertz CT molecular complexity index is 675. The lowest BCUT2D eigenvalue weighted by Crippen LogP contribution is -2.29. The number of carbonyl (C=O) groups excluding carboxylic acids is 1. The summed E-state index contributed by atoms with van der Waals surface area (Å²) in [7, 11) is 0. The van der Waals surface area contributed by atoms with Gasteiger partial charge in [-0.25, -0.2) is 4.99 Å². The predicted octanol–water partition coefficient (Wildman–Crippen LogP) is 1.26. The lowest BCUT2D eigenvalue weighted by molar-refractivity contribution is -0.125. The molecule has 0 bridgehead atoms. The van der Waals surface area contributed by atoms with E-state index in [-0.39, 0.29) is 11.5 Å². The van der Waals surface area contributed by atoms with Crippen molar-refractivity contribution in [2.75, 3.05) is 13.1 Å². The monoisotopic (exact) mass is 266 g/mol. The van der Waals surface area contributed by atoms with Crippen LogP contribution in [0.1, 0.15) is 24.0 Å². The van der Waals surface area contributed by atoms with Gasteiger partial charge in [0, 0.05) is 24.2 Å². The van der Waals surface area contributed by atoms with Gasteiger partial charge in [0.05, 0.1) is 5.70 Å². The summed E-state index contributed by atoms with van der Waals surface area (Å²) in [6, 6.07) is 9.40. The summed E-state index contributed by atoms with van der Waals surface area (Å²) in [5, 5.41) is 9.36. The number of likely N-dealkylation sites (tertiary alicyclic amines) is 1. The summed E-state index contributed by atoms with van der Waals surface area (Å²) >= 11 is 0. The molecule has 3 rings (SSSR count). The van der Waals surface area contributed by atoms with Gasteiger partial charge in [-0.2, -0.15) is 5.26 Å². The lowest BCUT2D eigenvalue weighted by Gasteiger charge is -2.15. The maximum atomic E-state index is 12.4. The van der Waals surface area contributed by atoms with Gasteiger partial charge < -0.3 is 10.6 Å². The van der Waals surface area contributed by atoms with E-state index in [0.29, 0.717) is 24.6 Å². The van der Waals surface area contributed by atoms with Gasteiger partial charge in [0.1, 0.15) is 17.5 Å². The smallest absolute Gasteiger partial charge is 0.266 e. The van der Waals surface area contributed by atoms with Gasteiger partial charge in [0.15, 0.2) is 0 Å². The Labute approximate surface area is 117 Å². The second-order valence-electron chi connectivity index (χ2n) is 4.88. The molecule has 0 radical (unpaired) electrons. The van der Waals surface area contributed by atoms with Crippen molar-refractivity contribution in [2.45, 2.75) is 12.8 Å². The van der Waals surface area contributed by atoms with Gasteiger partial charge in [-0.05, 0) is 12.8 Å². The summed E-state index contributed by atoms with van der Waals surface area (Å²) in [6.07, 6.45) is 1.98. The maximum Gasteiger partial charge on any atom is 0.266 e. The van der Waals surface area contributed by atoms with Crippen molar-refractivity contribution in [3.63, 3.8) is 0 Å². The van der Waals surface area contributed by atoms with E-state index in [9.17, 15) is 10.1 Å². The average molecular weight is 266 g/mol. The molecule has 2 heterocycles. The van der Waals surface area contributed by atoms with E-state index in [1.54, 1.807) is 4.90 Å². The highest BCUT2D eigenvalue weighted by molar-refractivity contribution is 6.14. The third kappa shape index (κ3) is 1.86. The quantitative estimate of drug-likeness (QED) is 0.613. The number of benzene rings is 1. The fourth-order valence-electron chi connectivity index (χ4n) is 2.62. The molecule has 2 aliphatic rings. The molecular weight excluding hydrogens is 252 g/mol. The normalized spacial score (nSPS) is 19.4. The second-order valence-corrected chi connectivity index (χ2v) is 4.88. The first-order valence-electron chi connectivity index (χ1n) is 6.60. The molecule has 0 aromatic heterocycles. The number of nitrogens with two attached hydrogens (primary N) is 1. The Kier molecular flexibility index (Phi) is 2.99. The van der Waals surface area contributed by atoms with E-state index in [1.807, 2.05) is 30.3 Å². The molecule has 0 spiro atoms. The number of amides is 1. The predicted molar refractivity (Wildman–Crippen MR) is 75.5 cm³/mol. The van der Waals surface area contributed by atoms with Crippen LogP contribution < -0.4 is 5.73 Å². The number of amidine groups is 1. The molecule has 1 aromatic rings. The molecule has 1 saturated heterocycles. The van der Waals surface area contributed by atoms with Crippen LogP contribution in [0.4, 0.5) is 0 Å². The van der Waals surface area contributed by atoms with Crippen molar-refractivity contribution in [3.8, 4) is 6.07 Å². The topological polar surface area (TPSA) is 82.5 Å². The number of hydrogen-bond acceptors (Lipinski definition) is 4. The van der Waals surface area contributed by atoms with Crippen LogP contribution in [0.5, 0.6) is 0 Å². The zero-order valence-corrected chi connectivity index (χ0v) is 11.0. The van der Waals surface area contributed by atoms with Crippen LogP contribution in [0, 0.1) is 11.3 Å². The Morgan fingerprint density at radius 2 is 1.90 bits per heavy atom. The van der Waals surface area contributed by atoms with Crippen LogP contribution >= 0.6 is 0 Å². The van der Waals surface area contributed by atoms with Gasteiger partial charge in [-0.3, -0.25) is 4.79 Å². The van der Waals surface area contributed by atoms with Gasteiger partial charge in [0.2, 0.25) is 0 Å². The molecule has 1 amide bonds. The van der Waals surface area contributed by atoms with Crippen LogP contribution in [-0.4, -0.2) is 29.7 Å². The van der Waals surface area contributed by atoms with Crippen LogP contribution in [-0.2, 0) is 4.79 Å². The minimum Gasteiger partial charge on any atom is -0.383 e. The third-order valence-corrected chi connectivity index (χ3v) is 3.65. The summed E-state index contributed by atoms with van der Waals surface area (Å²) in [6.45, 7) is 1.41. The Morgan fingerprint density at radius 1 is 1.25 bits per heavy atom. The molecule has 0 unspecified atom stereocenters. The highest BCUT2D eigenvalue weighted by atomic mass is 16.2. The van der Waals surface area contributed by atoms with E-state index in [4.69, 9.17) is 5.73 Å². The van der Waals surface area contributed by atoms with Crippen molar-refractivity contribution in [3.05, 3.63) is 41.0 Å². The van der Waals surface area contributed by atoms with Gasteiger partial charge in [0.25, 0.3) is 5.91 Å². The third-order valence-electron chi connectivity index (χ3n) is 3.65. The number of carbonyl (C=O) groups is 1. The van der Waals surface area contributed by atoms with E-state index >= 15 is 0 Å². The zero-order chi connectivity index (χ0) is 14.1. The standard InChI is InChI=1S/C15H14N4O/c16-9-12(15(20)19-7-3-4-8-19)13-10-5-1-2-6-11(10)14(17)18-13/h1-2,5-6H,3-4,7-8H2,(H2,17,18)/b13-12-. The van der Waals surface area contributed by atoms with Crippen molar-refractivity contribution >= 4 is 17.4 Å². The first-order chi connectivity index (χ1) is 9.72. The summed E-state index contributed by atoms with van der Waals surface area (Å²) in [5.41, 5.74) is 7.89. The molecule has 5 nitrogen and oxygen atoms in total. The largest absolute Gasteiger partial charge is 0.383 e. The Balaban J connectivity index is 2.09. The van der Waals surface area contributed by atoms with Crippen LogP contribution in [0.2, 0.25) is 0 Å². The van der Waals surface area contributed by atoms with Gasteiger partial charge in [-0.1, -0.05) is 24.3 Å². The molecule has 20 heavy (non-hydrogen) atoms. The number of aliphatic imine (C=N–C) groups is 1. The summed E-state index contributed by atoms with van der Waals surface area (Å²) in [5.74, 6) is 0.117. The fraction of sp³-hybridized carbons (Fsp3) is 0.267. The fourth-order valence-corrected chi connectivity index (χ4v) is 2.62. The Morgan fingerprint density at radius 3 is 2.55 bits per heavy atom. The summed E-state index contributed by atoms with van der Waals surface area (Å²) < 4.78 is 0. The van der Waals surface area contributed by atoms with Crippen molar-refractivity contribution in [2.24, 2.45) is 10.7 Å². The molecule has 2 N–H and O–H groups in total. The van der Waals surface area contributed by atoms with Crippen molar-refractivity contribution in [1.82, 2.24) is 4.90 Å². The van der Waals surface area contributed by atoms with Crippen molar-refractivity contribution in [1.29, 1.82) is 5.26 Å². The first kappa shape index (κ1) is 12.4. The molecule has 0 aliphatic carbocycles. The maximum absolute atomic E-state index is 12.4. The number of nitrogens with zero attached hydrogens (tertiary/aromatic N) is 3. The van der Waals surface area contributed by atoms with E-state index in [2.05, 4.69) is 4.99 Å². The second kappa shape index (κ2) is 4.82. The molecule has 0 saturated carbocycles. The number of nitriles is 1. The minimum atomic E-state index is -0.242. The number of fused-ring (bicyclic) bond motifs is 1. The zero-order valence-electron chi connectivity index (χ0n) is 11.0. The van der Waals surface area contributed by atoms with E-state index in [1.165, 1.54) is 0 Å². The minimum absolute atomic E-state index is 0.0831. The van der Waals surface area contributed by atoms with Crippen LogP contribution in [0.25, 0.3) is 5.70 Å².